The fourth-order valence-electron chi connectivity index (χ4n) is 2.18. The van der Waals surface area contributed by atoms with Gasteiger partial charge in [-0.2, -0.15) is 15.6 Å². The molecule has 23 heavy (non-hydrogen) atoms. The molecule has 3 N–H and O–H groups in total. The molecular weight excluding hydrogens is 290 g/mol. The lowest BCUT2D eigenvalue weighted by atomic mass is 10.1. The molecular formula is C17H23N5O. The maximum Gasteiger partial charge on any atom is 0.137 e. The number of aromatic nitrogens is 2. The molecule has 0 spiro atoms. The second-order valence-corrected chi connectivity index (χ2v) is 6.45. The molecule has 1 heterocycles. The molecule has 0 aliphatic heterocycles. The number of aldehydes is 1. The van der Waals surface area contributed by atoms with E-state index < -0.39 is 0 Å². The van der Waals surface area contributed by atoms with E-state index in [1.54, 1.807) is 0 Å². The van der Waals surface area contributed by atoms with E-state index in [2.05, 4.69) is 16.3 Å². The number of nitriles is 2. The van der Waals surface area contributed by atoms with Gasteiger partial charge in [0.2, 0.25) is 0 Å². The summed E-state index contributed by atoms with van der Waals surface area (Å²) < 4.78 is 0. The van der Waals surface area contributed by atoms with Gasteiger partial charge in [-0.1, -0.05) is 0 Å². The van der Waals surface area contributed by atoms with Crippen molar-refractivity contribution >= 4 is 12.1 Å². The first-order valence-electron chi connectivity index (χ1n) is 8.20. The lowest BCUT2D eigenvalue weighted by Gasteiger charge is -1.89. The fourth-order valence-corrected chi connectivity index (χ4v) is 2.18. The summed E-state index contributed by atoms with van der Waals surface area (Å²) in [5.74, 6) is 2.34. The SMILES string of the molecule is N#CC(C=O)C1CC1.N#CCC1CC1.Nc1[nH]ncc1C1CC1. The first-order valence-corrected chi connectivity index (χ1v) is 8.20. The zero-order valence-corrected chi connectivity index (χ0v) is 13.2. The zero-order chi connectivity index (χ0) is 16.7. The average Bonchev–Trinajstić information content (AvgIpc) is 3.40. The monoisotopic (exact) mass is 313 g/mol. The predicted octanol–water partition coefficient (Wildman–Crippen LogP) is 2.91. The number of anilines is 1. The van der Waals surface area contributed by atoms with Gasteiger partial charge in [0.15, 0.2) is 0 Å². The second-order valence-electron chi connectivity index (χ2n) is 6.45. The van der Waals surface area contributed by atoms with Crippen molar-refractivity contribution < 1.29 is 4.79 Å². The number of carbonyl (C=O) groups excluding carboxylic acids is 1. The van der Waals surface area contributed by atoms with Crippen LogP contribution in [0.1, 0.15) is 56.4 Å². The number of nitrogens with two attached hydrogens (primary N) is 1. The van der Waals surface area contributed by atoms with Gasteiger partial charge in [0, 0.05) is 12.0 Å². The molecule has 0 radical (unpaired) electrons. The van der Waals surface area contributed by atoms with Crippen LogP contribution in [0.2, 0.25) is 0 Å². The largest absolute Gasteiger partial charge is 0.384 e. The minimum atomic E-state index is -0.310. The van der Waals surface area contributed by atoms with E-state index in [4.69, 9.17) is 16.3 Å². The van der Waals surface area contributed by atoms with Crippen LogP contribution in [0.15, 0.2) is 6.20 Å². The molecule has 122 valence electrons. The maximum absolute atomic E-state index is 10.00. The van der Waals surface area contributed by atoms with Crippen LogP contribution in [-0.4, -0.2) is 16.5 Å². The Labute approximate surface area is 136 Å². The fraction of sp³-hybridized carbons (Fsp3) is 0.647. The van der Waals surface area contributed by atoms with E-state index in [1.807, 2.05) is 12.3 Å². The molecule has 6 nitrogen and oxygen atoms in total. The highest BCUT2D eigenvalue weighted by Crippen LogP contribution is 2.41. The normalized spacial score (nSPS) is 19.7. The number of nitrogens with one attached hydrogen (secondary N) is 1. The first-order chi connectivity index (χ1) is 11.2. The third-order valence-electron chi connectivity index (χ3n) is 4.22. The molecule has 6 heteroatoms. The van der Waals surface area contributed by atoms with Gasteiger partial charge in [-0.3, -0.25) is 5.10 Å². The summed E-state index contributed by atoms with van der Waals surface area (Å²) in [5.41, 5.74) is 6.77. The molecule has 3 aliphatic rings. The molecule has 4 rings (SSSR count). The zero-order valence-electron chi connectivity index (χ0n) is 13.2. The number of rotatable bonds is 4. The van der Waals surface area contributed by atoms with Crippen LogP contribution >= 0.6 is 0 Å². The highest BCUT2D eigenvalue weighted by atomic mass is 16.1. The van der Waals surface area contributed by atoms with Crippen LogP contribution in [0.3, 0.4) is 0 Å². The van der Waals surface area contributed by atoms with Crippen molar-refractivity contribution in [2.45, 2.75) is 50.9 Å². The van der Waals surface area contributed by atoms with E-state index in [-0.39, 0.29) is 5.92 Å². The van der Waals surface area contributed by atoms with Crippen molar-refractivity contribution in [3.63, 3.8) is 0 Å². The van der Waals surface area contributed by atoms with Gasteiger partial charge < -0.3 is 10.5 Å². The molecule has 1 atom stereocenters. The van der Waals surface area contributed by atoms with Gasteiger partial charge in [-0.25, -0.2) is 0 Å². The van der Waals surface area contributed by atoms with Crippen molar-refractivity contribution in [1.82, 2.24) is 10.2 Å². The van der Waals surface area contributed by atoms with Gasteiger partial charge in [0.05, 0.1) is 18.3 Å². The quantitative estimate of drug-likeness (QED) is 0.828. The van der Waals surface area contributed by atoms with E-state index >= 15 is 0 Å². The standard InChI is InChI=1S/C6H9N3.C6H7NO.C5H7N/c7-6-5(3-8-9-6)4-1-2-4;7-3-6(4-8)5-1-2-5;6-4-3-5-1-2-5/h3-4H,1-2H2,(H3,7,8,9);4-6H,1-2H2;5H,1-3H2. The van der Waals surface area contributed by atoms with Crippen LogP contribution in [0.5, 0.6) is 0 Å². The van der Waals surface area contributed by atoms with E-state index in [1.165, 1.54) is 31.2 Å². The van der Waals surface area contributed by atoms with E-state index in [9.17, 15) is 4.79 Å². The highest BCUT2D eigenvalue weighted by molar-refractivity contribution is 5.58. The Kier molecular flexibility index (Phi) is 6.17. The number of aromatic amines is 1. The van der Waals surface area contributed by atoms with Crippen LogP contribution in [0.25, 0.3) is 0 Å². The topological polar surface area (TPSA) is 119 Å². The molecule has 0 saturated heterocycles. The summed E-state index contributed by atoms with van der Waals surface area (Å²) in [6.07, 6.45) is 10.7. The van der Waals surface area contributed by atoms with Crippen LogP contribution < -0.4 is 5.73 Å². The smallest absolute Gasteiger partial charge is 0.137 e. The number of hydrogen-bond acceptors (Lipinski definition) is 5. The molecule has 1 aromatic heterocycles. The highest BCUT2D eigenvalue weighted by Gasteiger charge is 2.30. The number of nitrogens with zero attached hydrogens (tertiary/aromatic N) is 3. The third-order valence-corrected chi connectivity index (χ3v) is 4.22. The average molecular weight is 313 g/mol. The molecule has 1 unspecified atom stereocenters. The van der Waals surface area contributed by atoms with Crippen LogP contribution in [0.4, 0.5) is 5.82 Å². The molecule has 0 aromatic carbocycles. The van der Waals surface area contributed by atoms with Crippen molar-refractivity contribution in [1.29, 1.82) is 10.5 Å². The Morgan fingerprint density at radius 1 is 1.30 bits per heavy atom. The van der Waals surface area contributed by atoms with Crippen LogP contribution in [-0.2, 0) is 4.79 Å². The summed E-state index contributed by atoms with van der Waals surface area (Å²) in [4.78, 5) is 10.00. The van der Waals surface area contributed by atoms with Gasteiger partial charge in [0.25, 0.3) is 0 Å². The van der Waals surface area contributed by atoms with Crippen molar-refractivity contribution in [2.24, 2.45) is 17.8 Å². The van der Waals surface area contributed by atoms with Gasteiger partial charge in [-0.15, -0.1) is 0 Å². The van der Waals surface area contributed by atoms with E-state index in [0.29, 0.717) is 11.8 Å². The Balaban J connectivity index is 0.000000128. The first kappa shape index (κ1) is 17.0. The molecule has 3 saturated carbocycles. The van der Waals surface area contributed by atoms with Crippen LogP contribution in [0, 0.1) is 40.4 Å². The Bertz CT molecular complexity index is 585. The van der Waals surface area contributed by atoms with Crippen molar-refractivity contribution in [3.8, 4) is 12.1 Å². The second kappa shape index (κ2) is 8.33. The lowest BCUT2D eigenvalue weighted by Crippen LogP contribution is -1.99. The van der Waals surface area contributed by atoms with Gasteiger partial charge in [-0.05, 0) is 56.3 Å². The number of H-pyrrole nitrogens is 1. The maximum atomic E-state index is 10.00. The number of hydrogen-bond donors (Lipinski definition) is 2. The summed E-state index contributed by atoms with van der Waals surface area (Å²) in [5, 5.41) is 22.8. The predicted molar refractivity (Wildman–Crippen MR) is 85.8 cm³/mol. The number of carbonyl (C=O) groups is 1. The molecule has 3 aliphatic carbocycles. The minimum Gasteiger partial charge on any atom is -0.384 e. The third kappa shape index (κ3) is 6.12. The summed E-state index contributed by atoms with van der Waals surface area (Å²) in [6, 6.07) is 4.08. The van der Waals surface area contributed by atoms with Crippen molar-refractivity contribution in [3.05, 3.63) is 11.8 Å². The Morgan fingerprint density at radius 3 is 2.26 bits per heavy atom. The molecule has 0 bridgehead atoms. The summed E-state index contributed by atoms with van der Waals surface area (Å²) >= 11 is 0. The minimum absolute atomic E-state index is 0.310. The lowest BCUT2D eigenvalue weighted by molar-refractivity contribution is -0.110. The number of nitrogen functional groups attached to an aromatic ring is 1. The molecule has 0 amide bonds. The molecule has 3 fully saturated rings. The Morgan fingerprint density at radius 2 is 2.00 bits per heavy atom. The van der Waals surface area contributed by atoms with Crippen molar-refractivity contribution in [2.75, 3.05) is 5.73 Å². The van der Waals surface area contributed by atoms with Gasteiger partial charge in [0.1, 0.15) is 18.0 Å². The summed E-state index contributed by atoms with van der Waals surface area (Å²) in [6.45, 7) is 0. The summed E-state index contributed by atoms with van der Waals surface area (Å²) in [7, 11) is 0. The Hall–Kier alpha value is -2.34. The molecule has 1 aromatic rings. The van der Waals surface area contributed by atoms with E-state index in [0.717, 1.165) is 37.3 Å². The van der Waals surface area contributed by atoms with Gasteiger partial charge >= 0.3 is 0 Å².